The predicted octanol–water partition coefficient (Wildman–Crippen LogP) is 3.84. The summed E-state index contributed by atoms with van der Waals surface area (Å²) in [5.74, 6) is 0.439. The lowest BCUT2D eigenvalue weighted by Gasteiger charge is -2.01. The summed E-state index contributed by atoms with van der Waals surface area (Å²) in [4.78, 5) is 21.7. The Morgan fingerprint density at radius 3 is 2.91 bits per heavy atom. The van der Waals surface area contributed by atoms with Gasteiger partial charge in [0.15, 0.2) is 11.4 Å². The third-order valence-electron chi connectivity index (χ3n) is 6.11. The first kappa shape index (κ1) is 20.6. The van der Waals surface area contributed by atoms with Gasteiger partial charge < -0.3 is 8.80 Å². The Balaban J connectivity index is 1.16. The fourth-order valence-corrected chi connectivity index (χ4v) is 4.37. The third kappa shape index (κ3) is 3.82. The smallest absolute Gasteiger partial charge is 0.185 e. The summed E-state index contributed by atoms with van der Waals surface area (Å²) in [7, 11) is 0. The van der Waals surface area contributed by atoms with Gasteiger partial charge in [0.05, 0.1) is 41.5 Å². The van der Waals surface area contributed by atoms with Crippen molar-refractivity contribution in [2.45, 2.75) is 38.1 Å². The molecular weight excluding hydrogens is 452 g/mol. The number of hydrogen-bond donors (Lipinski definition) is 0. The van der Waals surface area contributed by atoms with Crippen LogP contribution in [0.15, 0.2) is 49.3 Å². The molecule has 1 fully saturated rings. The normalized spacial score (nSPS) is 13.5. The van der Waals surface area contributed by atoms with E-state index in [-0.39, 0.29) is 12.2 Å². The zero-order valence-corrected chi connectivity index (χ0v) is 18.9. The summed E-state index contributed by atoms with van der Waals surface area (Å²) >= 11 is 6.09. The molecule has 0 amide bonds. The van der Waals surface area contributed by atoms with Crippen LogP contribution in [0.1, 0.15) is 58.2 Å². The van der Waals surface area contributed by atoms with Crippen molar-refractivity contribution in [3.8, 4) is 6.07 Å². The molecule has 5 aromatic rings. The van der Waals surface area contributed by atoms with Crippen LogP contribution in [0, 0.1) is 11.3 Å². The maximum Gasteiger partial charge on any atom is 0.185 e. The Kier molecular flexibility index (Phi) is 4.89. The number of aromatic nitrogens is 7. The van der Waals surface area contributed by atoms with Crippen LogP contribution in [0.2, 0.25) is 5.02 Å². The molecule has 0 radical (unpaired) electrons. The number of Topliss-reactive ketones (excluding diaryl/α,β-unsaturated/α-hetero) is 1. The van der Waals surface area contributed by atoms with Gasteiger partial charge in [0.2, 0.25) is 0 Å². The Labute approximate surface area is 199 Å². The maximum absolute atomic E-state index is 12.7. The van der Waals surface area contributed by atoms with Crippen molar-refractivity contribution in [1.82, 2.24) is 33.8 Å². The summed E-state index contributed by atoms with van der Waals surface area (Å²) in [6.45, 7) is 0.357. The molecule has 1 aliphatic carbocycles. The topological polar surface area (TPSA) is 106 Å². The van der Waals surface area contributed by atoms with Crippen molar-refractivity contribution in [2.75, 3.05) is 0 Å². The van der Waals surface area contributed by atoms with Crippen LogP contribution in [0.3, 0.4) is 0 Å². The molecule has 0 aromatic carbocycles. The van der Waals surface area contributed by atoms with Crippen LogP contribution >= 0.6 is 11.6 Å². The zero-order chi connectivity index (χ0) is 23.2. The first-order valence-corrected chi connectivity index (χ1v) is 11.4. The van der Waals surface area contributed by atoms with Crippen LogP contribution in [0.25, 0.3) is 11.2 Å². The highest BCUT2D eigenvalue weighted by molar-refractivity contribution is 6.30. The Hall–Kier alpha value is -4.03. The molecule has 6 rings (SSSR count). The van der Waals surface area contributed by atoms with E-state index >= 15 is 0 Å². The second-order valence-corrected chi connectivity index (χ2v) is 9.03. The summed E-state index contributed by atoms with van der Waals surface area (Å²) in [5.41, 5.74) is 5.12. The highest BCUT2D eigenvalue weighted by Crippen LogP contribution is 2.40. The minimum absolute atomic E-state index is 0.106. The van der Waals surface area contributed by atoms with E-state index in [0.717, 1.165) is 16.9 Å². The number of carbonyl (C=O) groups excluding carboxylic acids is 1. The molecule has 34 heavy (non-hydrogen) atoms. The van der Waals surface area contributed by atoms with Gasteiger partial charge >= 0.3 is 0 Å². The lowest BCUT2D eigenvalue weighted by molar-refractivity contribution is 0.0977. The van der Waals surface area contributed by atoms with E-state index in [0.29, 0.717) is 40.8 Å². The number of halogens is 1. The van der Waals surface area contributed by atoms with Gasteiger partial charge in [-0.25, -0.2) is 14.6 Å². The number of ketones is 1. The van der Waals surface area contributed by atoms with Crippen molar-refractivity contribution in [1.29, 1.82) is 5.26 Å². The average molecular weight is 471 g/mol. The molecule has 168 valence electrons. The van der Waals surface area contributed by atoms with Crippen LogP contribution in [-0.2, 0) is 13.0 Å². The molecule has 0 bridgehead atoms. The third-order valence-corrected chi connectivity index (χ3v) is 6.34. The lowest BCUT2D eigenvalue weighted by atomic mass is 10.1. The monoisotopic (exact) mass is 470 g/mol. The van der Waals surface area contributed by atoms with Crippen LogP contribution in [0.4, 0.5) is 0 Å². The summed E-state index contributed by atoms with van der Waals surface area (Å²) < 4.78 is 5.38. The van der Waals surface area contributed by atoms with Gasteiger partial charge in [-0.3, -0.25) is 4.79 Å². The van der Waals surface area contributed by atoms with Gasteiger partial charge in [-0.2, -0.15) is 5.26 Å². The first-order chi connectivity index (χ1) is 16.6. The first-order valence-electron chi connectivity index (χ1n) is 11.0. The molecule has 0 atom stereocenters. The molecule has 0 saturated heterocycles. The van der Waals surface area contributed by atoms with E-state index in [2.05, 4.69) is 26.3 Å². The van der Waals surface area contributed by atoms with E-state index in [9.17, 15) is 10.1 Å². The van der Waals surface area contributed by atoms with Gasteiger partial charge in [-0.1, -0.05) is 16.8 Å². The van der Waals surface area contributed by atoms with Crippen molar-refractivity contribution in [3.05, 3.63) is 82.5 Å². The molecule has 0 unspecified atom stereocenters. The van der Waals surface area contributed by atoms with Crippen LogP contribution < -0.4 is 0 Å². The highest BCUT2D eigenvalue weighted by atomic mass is 35.5. The standard InChI is InChI=1S/C24H19ClN8O/c25-18-5-6-31-14-27-20(22(31)8-18)3-4-23(34)21-13-33(30-29-21)12-19-11-32-10-17(15-1-2-15)7-16(9-26)24(32)28-19/h5-8,10-11,13-15H,1-4,12H2. The molecular formula is C24H19ClN8O. The number of imidazole rings is 2. The number of aryl methyl sites for hydroxylation is 1. The Bertz CT molecular complexity index is 1600. The molecule has 0 aliphatic heterocycles. The van der Waals surface area contributed by atoms with E-state index < -0.39 is 0 Å². The average Bonchev–Trinajstić information content (AvgIpc) is 3.25. The number of carbonyl (C=O) groups is 1. The van der Waals surface area contributed by atoms with Gasteiger partial charge in [-0.05, 0) is 48.9 Å². The summed E-state index contributed by atoms with van der Waals surface area (Å²) in [5, 5.41) is 18.3. The molecule has 1 saturated carbocycles. The zero-order valence-electron chi connectivity index (χ0n) is 18.1. The second kappa shape index (κ2) is 8.08. The molecule has 0 N–H and O–H groups in total. The van der Waals surface area contributed by atoms with E-state index in [1.807, 2.05) is 39.5 Å². The second-order valence-electron chi connectivity index (χ2n) is 8.59. The lowest BCUT2D eigenvalue weighted by Crippen LogP contribution is -2.03. The number of hydrogen-bond acceptors (Lipinski definition) is 6. The number of nitrogens with zero attached hydrogens (tertiary/aromatic N) is 8. The Morgan fingerprint density at radius 1 is 1.21 bits per heavy atom. The number of nitriles is 1. The quantitative estimate of drug-likeness (QED) is 0.334. The van der Waals surface area contributed by atoms with E-state index in [1.165, 1.54) is 18.4 Å². The minimum Gasteiger partial charge on any atom is -0.306 e. The van der Waals surface area contributed by atoms with E-state index in [4.69, 9.17) is 11.6 Å². The molecule has 10 heteroatoms. The van der Waals surface area contributed by atoms with Gasteiger partial charge in [0, 0.05) is 30.0 Å². The predicted molar refractivity (Wildman–Crippen MR) is 124 cm³/mol. The fourth-order valence-electron chi connectivity index (χ4n) is 4.21. The van der Waals surface area contributed by atoms with Crippen molar-refractivity contribution >= 4 is 28.5 Å². The molecule has 1 aliphatic rings. The van der Waals surface area contributed by atoms with Crippen LogP contribution in [0.5, 0.6) is 0 Å². The SMILES string of the molecule is N#Cc1cc(C2CC2)cn2cc(Cn3cc(C(=O)CCc4ncn5ccc(Cl)cc45)nn3)nc12. The number of fused-ring (bicyclic) bond motifs is 2. The Morgan fingerprint density at radius 2 is 2.09 bits per heavy atom. The molecule has 0 spiro atoms. The maximum atomic E-state index is 12.7. The minimum atomic E-state index is -0.106. The van der Waals surface area contributed by atoms with Gasteiger partial charge in [0.1, 0.15) is 11.8 Å². The molecule has 9 nitrogen and oxygen atoms in total. The van der Waals surface area contributed by atoms with Crippen molar-refractivity contribution in [3.63, 3.8) is 0 Å². The number of rotatable bonds is 7. The van der Waals surface area contributed by atoms with Crippen LogP contribution in [-0.4, -0.2) is 39.5 Å². The van der Waals surface area contributed by atoms with E-state index in [1.54, 1.807) is 23.3 Å². The van der Waals surface area contributed by atoms with Gasteiger partial charge in [0.25, 0.3) is 0 Å². The fraction of sp³-hybridized carbons (Fsp3) is 0.250. The summed E-state index contributed by atoms with van der Waals surface area (Å²) in [6.07, 6.45) is 12.2. The number of pyridine rings is 2. The molecule has 5 heterocycles. The van der Waals surface area contributed by atoms with Gasteiger partial charge in [-0.15, -0.1) is 5.10 Å². The summed E-state index contributed by atoms with van der Waals surface area (Å²) in [6, 6.07) is 7.82. The van der Waals surface area contributed by atoms with Crippen molar-refractivity contribution in [2.24, 2.45) is 0 Å². The molecule has 5 aromatic heterocycles. The highest BCUT2D eigenvalue weighted by Gasteiger charge is 2.25. The van der Waals surface area contributed by atoms with Crippen molar-refractivity contribution < 1.29 is 4.79 Å². The largest absolute Gasteiger partial charge is 0.306 e.